The average Bonchev–Trinajstić information content (AvgIpc) is 2.44. The van der Waals surface area contributed by atoms with Crippen LogP contribution >= 0.6 is 23.4 Å². The summed E-state index contributed by atoms with van der Waals surface area (Å²) in [5, 5.41) is 21.2. The number of fused-ring (bicyclic) bond motifs is 1. The summed E-state index contributed by atoms with van der Waals surface area (Å²) in [5.74, 6) is 0.148. The van der Waals surface area contributed by atoms with Crippen LogP contribution in [0, 0.1) is 0 Å². The molecule has 0 aliphatic carbocycles. The van der Waals surface area contributed by atoms with Crippen LogP contribution in [-0.4, -0.2) is 32.2 Å². The Kier molecular flexibility index (Phi) is 4.99. The molecule has 106 valence electrons. The first-order chi connectivity index (χ1) is 9.49. The van der Waals surface area contributed by atoms with Gasteiger partial charge in [0.05, 0.1) is 16.6 Å². The second-order valence-corrected chi connectivity index (χ2v) is 5.99. The second-order valence-electron chi connectivity index (χ2n) is 4.38. The summed E-state index contributed by atoms with van der Waals surface area (Å²) in [7, 11) is 0. The third-order valence-electron chi connectivity index (χ3n) is 2.88. The van der Waals surface area contributed by atoms with Gasteiger partial charge in [-0.2, -0.15) is 0 Å². The van der Waals surface area contributed by atoms with E-state index in [1.54, 1.807) is 30.5 Å². The van der Waals surface area contributed by atoms with Crippen molar-refractivity contribution >= 4 is 39.4 Å². The summed E-state index contributed by atoms with van der Waals surface area (Å²) in [6.07, 6.45) is -0.474. The van der Waals surface area contributed by atoms with E-state index in [0.29, 0.717) is 10.6 Å². The molecule has 6 heteroatoms. The maximum Gasteiger partial charge on any atom is 0.185 e. The molecule has 0 fully saturated rings. The first-order valence-electron chi connectivity index (χ1n) is 6.02. The molecule has 0 aliphatic rings. The molecule has 1 aromatic carbocycles. The molecule has 2 unspecified atom stereocenters. The summed E-state index contributed by atoms with van der Waals surface area (Å²) in [5.41, 5.74) is 1.27. The summed E-state index contributed by atoms with van der Waals surface area (Å²) < 4.78 is 0. The normalized spacial score (nSPS) is 14.2. The molecule has 2 aromatic rings. The SMILES string of the molecule is CC(=O)SCC(O)C(O)c1ccc2nccc(Cl)c2c1. The lowest BCUT2D eigenvalue weighted by atomic mass is 10.0. The van der Waals surface area contributed by atoms with E-state index < -0.39 is 12.2 Å². The van der Waals surface area contributed by atoms with Gasteiger partial charge in [0.2, 0.25) is 0 Å². The Bertz CT molecular complexity index is 635. The maximum absolute atomic E-state index is 10.9. The molecule has 1 aromatic heterocycles. The predicted molar refractivity (Wildman–Crippen MR) is 80.9 cm³/mol. The third-order valence-corrected chi connectivity index (χ3v) is 4.12. The van der Waals surface area contributed by atoms with Crippen molar-refractivity contribution in [2.75, 3.05) is 5.75 Å². The van der Waals surface area contributed by atoms with Gasteiger partial charge in [0.25, 0.3) is 0 Å². The number of thioether (sulfide) groups is 1. The van der Waals surface area contributed by atoms with Crippen LogP contribution in [0.4, 0.5) is 0 Å². The highest BCUT2D eigenvalue weighted by molar-refractivity contribution is 8.13. The van der Waals surface area contributed by atoms with Crippen LogP contribution in [0.2, 0.25) is 5.02 Å². The number of hydrogen-bond donors (Lipinski definition) is 2. The molecule has 0 aliphatic heterocycles. The summed E-state index contributed by atoms with van der Waals surface area (Å²) in [6, 6.07) is 6.81. The van der Waals surface area contributed by atoms with Crippen LogP contribution < -0.4 is 0 Å². The molecule has 0 amide bonds. The molecule has 1 heterocycles. The number of aromatic nitrogens is 1. The highest BCUT2D eigenvalue weighted by atomic mass is 35.5. The molecule has 2 N–H and O–H groups in total. The van der Waals surface area contributed by atoms with Crippen molar-refractivity contribution in [3.63, 3.8) is 0 Å². The van der Waals surface area contributed by atoms with E-state index in [-0.39, 0.29) is 10.9 Å². The van der Waals surface area contributed by atoms with Gasteiger partial charge in [-0.05, 0) is 23.8 Å². The first-order valence-corrected chi connectivity index (χ1v) is 7.39. The minimum Gasteiger partial charge on any atom is -0.389 e. The number of aliphatic hydroxyl groups is 2. The van der Waals surface area contributed by atoms with Crippen molar-refractivity contribution in [2.45, 2.75) is 19.1 Å². The van der Waals surface area contributed by atoms with E-state index in [4.69, 9.17) is 11.6 Å². The van der Waals surface area contributed by atoms with E-state index in [0.717, 1.165) is 22.7 Å². The monoisotopic (exact) mass is 311 g/mol. The van der Waals surface area contributed by atoms with Gasteiger partial charge in [-0.3, -0.25) is 9.78 Å². The van der Waals surface area contributed by atoms with Gasteiger partial charge in [0.15, 0.2) is 5.12 Å². The second kappa shape index (κ2) is 6.54. The number of halogens is 1. The first kappa shape index (κ1) is 15.3. The molecule has 0 spiro atoms. The molecular formula is C14H14ClNO3S. The Labute approximate surface area is 125 Å². The summed E-state index contributed by atoms with van der Waals surface area (Å²) in [6.45, 7) is 1.42. The van der Waals surface area contributed by atoms with Crippen molar-refractivity contribution in [3.8, 4) is 0 Å². The lowest BCUT2D eigenvalue weighted by Gasteiger charge is -2.17. The number of hydrogen-bond acceptors (Lipinski definition) is 5. The minimum atomic E-state index is -1.07. The summed E-state index contributed by atoms with van der Waals surface area (Å²) in [4.78, 5) is 15.0. The zero-order valence-corrected chi connectivity index (χ0v) is 12.4. The van der Waals surface area contributed by atoms with Gasteiger partial charge >= 0.3 is 0 Å². The fourth-order valence-corrected chi connectivity index (χ4v) is 2.63. The summed E-state index contributed by atoms with van der Waals surface area (Å²) >= 11 is 7.06. The highest BCUT2D eigenvalue weighted by Crippen LogP contribution is 2.27. The van der Waals surface area contributed by atoms with Gasteiger partial charge in [0.1, 0.15) is 6.10 Å². The van der Waals surface area contributed by atoms with Crippen molar-refractivity contribution in [1.29, 1.82) is 0 Å². The van der Waals surface area contributed by atoms with E-state index in [1.165, 1.54) is 6.92 Å². The molecule has 0 saturated heterocycles. The quantitative estimate of drug-likeness (QED) is 0.908. The number of carbonyl (C=O) groups excluding carboxylic acids is 1. The topological polar surface area (TPSA) is 70.4 Å². The Morgan fingerprint density at radius 2 is 2.15 bits per heavy atom. The number of benzene rings is 1. The fraction of sp³-hybridized carbons (Fsp3) is 0.286. The van der Waals surface area contributed by atoms with Gasteiger partial charge in [0, 0.05) is 24.3 Å². The molecular weight excluding hydrogens is 298 g/mol. The van der Waals surface area contributed by atoms with Gasteiger partial charge in [-0.25, -0.2) is 0 Å². The largest absolute Gasteiger partial charge is 0.389 e. The van der Waals surface area contributed by atoms with E-state index in [2.05, 4.69) is 4.98 Å². The Morgan fingerprint density at radius 3 is 2.85 bits per heavy atom. The Balaban J connectivity index is 2.23. The molecule has 0 bridgehead atoms. The number of carbonyl (C=O) groups is 1. The lowest BCUT2D eigenvalue weighted by Crippen LogP contribution is -2.21. The number of nitrogens with zero attached hydrogens (tertiary/aromatic N) is 1. The van der Waals surface area contributed by atoms with E-state index in [9.17, 15) is 15.0 Å². The minimum absolute atomic E-state index is 0.0954. The van der Waals surface area contributed by atoms with Crippen molar-refractivity contribution in [1.82, 2.24) is 4.98 Å². The van der Waals surface area contributed by atoms with Crippen LogP contribution in [0.1, 0.15) is 18.6 Å². The Morgan fingerprint density at radius 1 is 1.40 bits per heavy atom. The number of pyridine rings is 1. The molecule has 2 rings (SSSR count). The standard InChI is InChI=1S/C14H14ClNO3S/c1-8(17)20-7-13(18)14(19)9-2-3-12-10(6-9)11(15)4-5-16-12/h2-6,13-14,18-19H,7H2,1H3. The predicted octanol–water partition coefficient (Wildman–Crippen LogP) is 2.56. The fourth-order valence-electron chi connectivity index (χ4n) is 1.83. The van der Waals surface area contributed by atoms with Crippen LogP contribution in [-0.2, 0) is 4.79 Å². The maximum atomic E-state index is 10.9. The lowest BCUT2D eigenvalue weighted by molar-refractivity contribution is -0.109. The zero-order chi connectivity index (χ0) is 14.7. The molecule has 0 saturated carbocycles. The molecule has 2 atom stereocenters. The van der Waals surface area contributed by atoms with Crippen LogP contribution in [0.3, 0.4) is 0 Å². The highest BCUT2D eigenvalue weighted by Gasteiger charge is 2.19. The molecule has 0 radical (unpaired) electrons. The average molecular weight is 312 g/mol. The van der Waals surface area contributed by atoms with Crippen molar-refractivity contribution in [2.24, 2.45) is 0 Å². The van der Waals surface area contributed by atoms with Crippen molar-refractivity contribution < 1.29 is 15.0 Å². The molecule has 4 nitrogen and oxygen atoms in total. The smallest absolute Gasteiger partial charge is 0.185 e. The zero-order valence-electron chi connectivity index (χ0n) is 10.8. The van der Waals surface area contributed by atoms with Crippen LogP contribution in [0.25, 0.3) is 10.9 Å². The van der Waals surface area contributed by atoms with E-state index >= 15 is 0 Å². The third kappa shape index (κ3) is 3.49. The number of rotatable bonds is 4. The van der Waals surface area contributed by atoms with Crippen molar-refractivity contribution in [3.05, 3.63) is 41.0 Å². The van der Waals surface area contributed by atoms with Gasteiger partial charge in [-0.15, -0.1) is 0 Å². The van der Waals surface area contributed by atoms with Gasteiger partial charge in [-0.1, -0.05) is 29.4 Å². The number of aliphatic hydroxyl groups excluding tert-OH is 2. The van der Waals surface area contributed by atoms with Gasteiger partial charge < -0.3 is 10.2 Å². The Hall–Kier alpha value is -1.14. The van der Waals surface area contributed by atoms with E-state index in [1.807, 2.05) is 0 Å². The van der Waals surface area contributed by atoms with Crippen LogP contribution in [0.15, 0.2) is 30.5 Å². The molecule has 20 heavy (non-hydrogen) atoms. The van der Waals surface area contributed by atoms with Crippen LogP contribution in [0.5, 0.6) is 0 Å².